The molecule has 1 atom stereocenters. The quantitative estimate of drug-likeness (QED) is 0.665. The van der Waals surface area contributed by atoms with Crippen molar-refractivity contribution < 1.29 is 8.42 Å². The van der Waals surface area contributed by atoms with E-state index in [0.29, 0.717) is 9.67 Å². The lowest BCUT2D eigenvalue weighted by molar-refractivity contribution is 0.403. The van der Waals surface area contributed by atoms with Gasteiger partial charge in [-0.2, -0.15) is 4.31 Å². The molecule has 0 aromatic carbocycles. The number of sulfonamides is 1. The SMILES string of the molecule is CC(c1cccs1)N(C)S(=O)(=O)c1cc(CCl)sc1Br. The highest BCUT2D eigenvalue weighted by Crippen LogP contribution is 2.36. The van der Waals surface area contributed by atoms with Crippen LogP contribution >= 0.6 is 50.2 Å². The van der Waals surface area contributed by atoms with Gasteiger partial charge < -0.3 is 0 Å². The first kappa shape index (κ1) is 16.5. The van der Waals surface area contributed by atoms with E-state index >= 15 is 0 Å². The number of alkyl halides is 1. The molecule has 0 aliphatic rings. The molecule has 2 rings (SSSR count). The van der Waals surface area contributed by atoms with E-state index in [0.717, 1.165) is 9.75 Å². The van der Waals surface area contributed by atoms with E-state index in [1.54, 1.807) is 24.5 Å². The molecule has 2 aromatic heterocycles. The third-order valence-corrected chi connectivity index (χ3v) is 8.66. The Bertz CT molecular complexity index is 682. The lowest BCUT2D eigenvalue weighted by atomic mass is 10.3. The van der Waals surface area contributed by atoms with Crippen LogP contribution in [0.5, 0.6) is 0 Å². The molecule has 0 saturated heterocycles. The maximum Gasteiger partial charge on any atom is 0.245 e. The van der Waals surface area contributed by atoms with Gasteiger partial charge in [-0.3, -0.25) is 0 Å². The van der Waals surface area contributed by atoms with Crippen molar-refractivity contribution in [3.05, 3.63) is 37.1 Å². The number of halogens is 2. The molecule has 0 N–H and O–H groups in total. The minimum absolute atomic E-state index is 0.203. The van der Waals surface area contributed by atoms with Crippen molar-refractivity contribution >= 4 is 60.2 Å². The van der Waals surface area contributed by atoms with Crippen molar-refractivity contribution in [1.82, 2.24) is 4.31 Å². The lowest BCUT2D eigenvalue weighted by Gasteiger charge is -2.23. The van der Waals surface area contributed by atoms with Gasteiger partial charge in [-0.1, -0.05) is 6.07 Å². The first-order valence-corrected chi connectivity index (χ1v) is 10.2. The van der Waals surface area contributed by atoms with Crippen molar-refractivity contribution in [2.45, 2.75) is 23.7 Å². The second-order valence-corrected chi connectivity index (χ2v) is 9.86. The Balaban J connectivity index is 2.36. The molecule has 0 aliphatic heterocycles. The first-order chi connectivity index (χ1) is 9.37. The Kier molecular flexibility index (Phi) is 5.31. The summed E-state index contributed by atoms with van der Waals surface area (Å²) in [6, 6.07) is 5.29. The molecule has 0 radical (unpaired) electrons. The fourth-order valence-electron chi connectivity index (χ4n) is 1.71. The van der Waals surface area contributed by atoms with Crippen LogP contribution in [0.1, 0.15) is 22.7 Å². The van der Waals surface area contributed by atoms with Crippen LogP contribution < -0.4 is 0 Å². The number of rotatable bonds is 5. The molecule has 110 valence electrons. The van der Waals surface area contributed by atoms with E-state index in [9.17, 15) is 8.42 Å². The summed E-state index contributed by atoms with van der Waals surface area (Å²) in [6.07, 6.45) is 0. The number of hydrogen-bond acceptors (Lipinski definition) is 4. The lowest BCUT2D eigenvalue weighted by Crippen LogP contribution is -2.29. The average Bonchev–Trinajstić information content (AvgIpc) is 3.05. The fourth-order valence-corrected chi connectivity index (χ4v) is 6.67. The van der Waals surface area contributed by atoms with Gasteiger partial charge in [-0.05, 0) is 40.4 Å². The van der Waals surface area contributed by atoms with E-state index in [-0.39, 0.29) is 10.9 Å². The summed E-state index contributed by atoms with van der Waals surface area (Å²) in [5, 5.41) is 1.94. The van der Waals surface area contributed by atoms with Crippen molar-refractivity contribution in [2.24, 2.45) is 0 Å². The summed E-state index contributed by atoms with van der Waals surface area (Å²) >= 11 is 12.0. The molecule has 20 heavy (non-hydrogen) atoms. The molecule has 0 saturated carbocycles. The van der Waals surface area contributed by atoms with Gasteiger partial charge in [-0.25, -0.2) is 8.42 Å². The van der Waals surface area contributed by atoms with Crippen LogP contribution in [-0.4, -0.2) is 19.8 Å². The highest BCUT2D eigenvalue weighted by molar-refractivity contribution is 9.11. The Morgan fingerprint density at radius 3 is 2.70 bits per heavy atom. The van der Waals surface area contributed by atoms with E-state index < -0.39 is 10.0 Å². The zero-order valence-electron chi connectivity index (χ0n) is 10.8. The van der Waals surface area contributed by atoms with E-state index in [2.05, 4.69) is 15.9 Å². The Morgan fingerprint density at radius 2 is 2.20 bits per heavy atom. The molecule has 3 nitrogen and oxygen atoms in total. The van der Waals surface area contributed by atoms with Crippen LogP contribution in [0.2, 0.25) is 0 Å². The van der Waals surface area contributed by atoms with Crippen LogP contribution in [0, 0.1) is 0 Å². The third kappa shape index (κ3) is 3.13. The van der Waals surface area contributed by atoms with E-state index in [1.807, 2.05) is 24.4 Å². The van der Waals surface area contributed by atoms with Gasteiger partial charge in [0.1, 0.15) is 4.90 Å². The maximum absolute atomic E-state index is 12.7. The largest absolute Gasteiger partial charge is 0.245 e. The maximum atomic E-state index is 12.7. The third-order valence-electron chi connectivity index (χ3n) is 3.00. The molecule has 0 aliphatic carbocycles. The standard InChI is InChI=1S/C12H13BrClNO2S3/c1-8(10-4-3-5-18-10)15(2)20(16,17)11-6-9(7-14)19-12(11)13/h3-6,8H,7H2,1-2H3. The highest BCUT2D eigenvalue weighted by Gasteiger charge is 2.30. The summed E-state index contributed by atoms with van der Waals surface area (Å²) in [5.41, 5.74) is 0. The van der Waals surface area contributed by atoms with E-state index in [4.69, 9.17) is 11.6 Å². The molecule has 2 aromatic rings. The summed E-state index contributed by atoms with van der Waals surface area (Å²) in [5.74, 6) is 0.309. The highest BCUT2D eigenvalue weighted by atomic mass is 79.9. The van der Waals surface area contributed by atoms with Crippen molar-refractivity contribution in [1.29, 1.82) is 0 Å². The second kappa shape index (κ2) is 6.46. The molecule has 0 bridgehead atoms. The van der Waals surface area contributed by atoms with Gasteiger partial charge in [0.25, 0.3) is 0 Å². The topological polar surface area (TPSA) is 37.4 Å². The predicted molar refractivity (Wildman–Crippen MR) is 89.3 cm³/mol. The van der Waals surface area contributed by atoms with Gasteiger partial charge in [0.15, 0.2) is 0 Å². The van der Waals surface area contributed by atoms with Crippen LogP contribution in [0.25, 0.3) is 0 Å². The molecule has 2 heterocycles. The Labute approximate surface area is 140 Å². The molecule has 8 heteroatoms. The zero-order chi connectivity index (χ0) is 14.9. The number of hydrogen-bond donors (Lipinski definition) is 0. The van der Waals surface area contributed by atoms with Crippen molar-refractivity contribution in [3.63, 3.8) is 0 Å². The van der Waals surface area contributed by atoms with Crippen molar-refractivity contribution in [3.8, 4) is 0 Å². The molecule has 0 amide bonds. The Hall–Kier alpha value is 0.0800. The van der Waals surface area contributed by atoms with Gasteiger partial charge in [0, 0.05) is 16.8 Å². The van der Waals surface area contributed by atoms with Gasteiger partial charge in [-0.15, -0.1) is 34.3 Å². The minimum Gasteiger partial charge on any atom is -0.207 e. The fraction of sp³-hybridized carbons (Fsp3) is 0.333. The smallest absolute Gasteiger partial charge is 0.207 e. The molecular weight excluding hydrogens is 402 g/mol. The van der Waals surface area contributed by atoms with Crippen LogP contribution in [0.15, 0.2) is 32.3 Å². The molecular formula is C12H13BrClNO2S3. The molecule has 0 fully saturated rings. The predicted octanol–water partition coefficient (Wildman–Crippen LogP) is 4.69. The summed E-state index contributed by atoms with van der Waals surface area (Å²) in [6.45, 7) is 1.88. The van der Waals surface area contributed by atoms with Gasteiger partial charge in [0.05, 0.1) is 15.7 Å². The summed E-state index contributed by atoms with van der Waals surface area (Å²) < 4.78 is 27.4. The number of thiophene rings is 2. The second-order valence-electron chi connectivity index (χ2n) is 4.20. The van der Waals surface area contributed by atoms with Gasteiger partial charge in [0.2, 0.25) is 10.0 Å². The van der Waals surface area contributed by atoms with Crippen LogP contribution in [0.3, 0.4) is 0 Å². The molecule has 1 unspecified atom stereocenters. The number of nitrogens with zero attached hydrogens (tertiary/aromatic N) is 1. The van der Waals surface area contributed by atoms with Crippen molar-refractivity contribution in [2.75, 3.05) is 7.05 Å². The summed E-state index contributed by atoms with van der Waals surface area (Å²) in [7, 11) is -1.94. The Morgan fingerprint density at radius 1 is 1.50 bits per heavy atom. The zero-order valence-corrected chi connectivity index (χ0v) is 15.6. The van der Waals surface area contributed by atoms with Crippen LogP contribution in [-0.2, 0) is 15.9 Å². The van der Waals surface area contributed by atoms with Crippen LogP contribution in [0.4, 0.5) is 0 Å². The first-order valence-electron chi connectivity index (χ1n) is 5.73. The molecule has 0 spiro atoms. The minimum atomic E-state index is -3.54. The van der Waals surface area contributed by atoms with E-state index in [1.165, 1.54) is 15.6 Å². The normalized spacial score (nSPS) is 13.8. The average molecular weight is 415 g/mol. The summed E-state index contributed by atoms with van der Waals surface area (Å²) in [4.78, 5) is 2.12. The monoisotopic (exact) mass is 413 g/mol. The van der Waals surface area contributed by atoms with Gasteiger partial charge >= 0.3 is 0 Å².